The molecule has 27 heavy (non-hydrogen) atoms. The molecule has 0 aliphatic carbocycles. The fourth-order valence-corrected chi connectivity index (χ4v) is 2.22. The first-order valence-corrected chi connectivity index (χ1v) is 9.36. The lowest BCUT2D eigenvalue weighted by Gasteiger charge is -2.28. The quantitative estimate of drug-likeness (QED) is 0.325. The SMILES string of the molecule is C=CC(=O)OCC1COCC(COC(C)(C)CCO/C(C)=C/C)OCCO1. The number of esters is 1. The average molecular weight is 386 g/mol. The maximum atomic E-state index is 11.1. The van der Waals surface area contributed by atoms with Crippen LogP contribution in [0.3, 0.4) is 0 Å². The summed E-state index contributed by atoms with van der Waals surface area (Å²) in [5, 5.41) is 0. The molecule has 0 saturated carbocycles. The molecule has 0 aromatic rings. The summed E-state index contributed by atoms with van der Waals surface area (Å²) in [6.45, 7) is 14.0. The molecule has 7 nitrogen and oxygen atoms in total. The van der Waals surface area contributed by atoms with E-state index in [4.69, 9.17) is 28.4 Å². The van der Waals surface area contributed by atoms with Crippen molar-refractivity contribution in [2.75, 3.05) is 46.2 Å². The third-order valence-corrected chi connectivity index (χ3v) is 4.08. The number of ether oxygens (including phenoxy) is 6. The molecule has 1 aliphatic heterocycles. The predicted molar refractivity (Wildman–Crippen MR) is 101 cm³/mol. The van der Waals surface area contributed by atoms with E-state index in [-0.39, 0.29) is 24.4 Å². The van der Waals surface area contributed by atoms with Crippen molar-refractivity contribution in [2.24, 2.45) is 0 Å². The summed E-state index contributed by atoms with van der Waals surface area (Å²) < 4.78 is 33.7. The van der Waals surface area contributed by atoms with Gasteiger partial charge in [-0.2, -0.15) is 0 Å². The van der Waals surface area contributed by atoms with Crippen LogP contribution >= 0.6 is 0 Å². The largest absolute Gasteiger partial charge is 0.498 e. The highest BCUT2D eigenvalue weighted by Crippen LogP contribution is 2.17. The summed E-state index contributed by atoms with van der Waals surface area (Å²) in [7, 11) is 0. The van der Waals surface area contributed by atoms with Gasteiger partial charge < -0.3 is 28.4 Å². The normalized spacial score (nSPS) is 22.3. The van der Waals surface area contributed by atoms with Crippen molar-refractivity contribution >= 4 is 5.97 Å². The molecule has 0 aromatic carbocycles. The zero-order chi connectivity index (χ0) is 20.1. The van der Waals surface area contributed by atoms with Gasteiger partial charge in [0.15, 0.2) is 0 Å². The maximum Gasteiger partial charge on any atom is 0.330 e. The molecule has 0 N–H and O–H groups in total. The minimum atomic E-state index is -0.475. The van der Waals surface area contributed by atoms with Crippen LogP contribution in [0.5, 0.6) is 0 Å². The second kappa shape index (κ2) is 12.9. The lowest BCUT2D eigenvalue weighted by Crippen LogP contribution is -2.34. The molecule has 7 heteroatoms. The summed E-state index contributed by atoms with van der Waals surface area (Å²) in [4.78, 5) is 11.1. The van der Waals surface area contributed by atoms with E-state index in [1.807, 2.05) is 33.8 Å². The van der Waals surface area contributed by atoms with Crippen LogP contribution in [0.2, 0.25) is 0 Å². The lowest BCUT2D eigenvalue weighted by molar-refractivity contribution is -0.143. The summed E-state index contributed by atoms with van der Waals surface area (Å²) in [5.41, 5.74) is -0.326. The van der Waals surface area contributed by atoms with Gasteiger partial charge in [-0.15, -0.1) is 0 Å². The van der Waals surface area contributed by atoms with E-state index < -0.39 is 5.97 Å². The van der Waals surface area contributed by atoms with E-state index in [2.05, 4.69) is 6.58 Å². The Bertz CT molecular complexity index is 473. The Morgan fingerprint density at radius 1 is 1.15 bits per heavy atom. The van der Waals surface area contributed by atoms with E-state index in [1.54, 1.807) is 0 Å². The fourth-order valence-electron chi connectivity index (χ4n) is 2.22. The van der Waals surface area contributed by atoms with Crippen LogP contribution in [0.25, 0.3) is 0 Å². The smallest absolute Gasteiger partial charge is 0.330 e. The van der Waals surface area contributed by atoms with E-state index >= 15 is 0 Å². The van der Waals surface area contributed by atoms with Gasteiger partial charge in [0.05, 0.1) is 51.0 Å². The molecular formula is C20H34O7. The molecule has 0 amide bonds. The molecule has 1 aliphatic rings. The number of rotatable bonds is 10. The molecule has 0 spiro atoms. The third kappa shape index (κ3) is 11.1. The highest BCUT2D eigenvalue weighted by Gasteiger charge is 2.23. The van der Waals surface area contributed by atoms with Gasteiger partial charge in [0.2, 0.25) is 0 Å². The van der Waals surface area contributed by atoms with Gasteiger partial charge in [-0.3, -0.25) is 0 Å². The average Bonchev–Trinajstić information content (AvgIpc) is 2.76. The molecule has 2 atom stereocenters. The number of hydrogen-bond acceptors (Lipinski definition) is 7. The molecule has 0 radical (unpaired) electrons. The number of carbonyl (C=O) groups excluding carboxylic acids is 1. The van der Waals surface area contributed by atoms with Crippen molar-refractivity contribution in [3.63, 3.8) is 0 Å². The van der Waals surface area contributed by atoms with Crippen molar-refractivity contribution in [2.45, 2.75) is 51.9 Å². The van der Waals surface area contributed by atoms with Gasteiger partial charge in [-0.05, 0) is 27.7 Å². The number of allylic oxidation sites excluding steroid dienone is 2. The first-order valence-electron chi connectivity index (χ1n) is 9.36. The standard InChI is InChI=1S/C20H34O7/c1-6-16(3)23-9-8-20(4,5)27-15-18-13-22-12-17(24-10-11-25-18)14-26-19(21)7-2/h6-7,17-18H,2,8-15H2,1,3-5H3/b16-6+. The number of carbonyl (C=O) groups is 1. The van der Waals surface area contributed by atoms with Gasteiger partial charge in [0.1, 0.15) is 18.8 Å². The Morgan fingerprint density at radius 3 is 2.37 bits per heavy atom. The Kier molecular flexibility index (Phi) is 11.3. The zero-order valence-electron chi connectivity index (χ0n) is 17.0. The molecule has 156 valence electrons. The molecular weight excluding hydrogens is 352 g/mol. The number of hydrogen-bond donors (Lipinski definition) is 0. The van der Waals surface area contributed by atoms with Crippen LogP contribution < -0.4 is 0 Å². The minimum absolute atomic E-state index is 0.130. The summed E-state index contributed by atoms with van der Waals surface area (Å²) >= 11 is 0. The van der Waals surface area contributed by atoms with Crippen molar-refractivity contribution in [3.8, 4) is 0 Å². The van der Waals surface area contributed by atoms with Crippen LogP contribution in [-0.4, -0.2) is 70.0 Å². The van der Waals surface area contributed by atoms with Gasteiger partial charge >= 0.3 is 5.97 Å². The third-order valence-electron chi connectivity index (χ3n) is 4.08. The summed E-state index contributed by atoms with van der Waals surface area (Å²) in [5.74, 6) is 0.434. The summed E-state index contributed by atoms with van der Waals surface area (Å²) in [6.07, 6.45) is 3.33. The maximum absolute atomic E-state index is 11.1. The van der Waals surface area contributed by atoms with Crippen molar-refractivity contribution < 1.29 is 33.2 Å². The molecule has 2 unspecified atom stereocenters. The highest BCUT2D eigenvalue weighted by molar-refractivity contribution is 5.81. The predicted octanol–water partition coefficient (Wildman–Crippen LogP) is 2.64. The minimum Gasteiger partial charge on any atom is -0.498 e. The molecule has 1 fully saturated rings. The van der Waals surface area contributed by atoms with E-state index in [0.717, 1.165) is 18.3 Å². The zero-order valence-corrected chi connectivity index (χ0v) is 17.0. The van der Waals surface area contributed by atoms with Crippen LogP contribution in [0, 0.1) is 0 Å². The van der Waals surface area contributed by atoms with Gasteiger partial charge in [0.25, 0.3) is 0 Å². The van der Waals surface area contributed by atoms with Crippen molar-refractivity contribution in [3.05, 3.63) is 24.5 Å². The Morgan fingerprint density at radius 2 is 1.78 bits per heavy atom. The lowest BCUT2D eigenvalue weighted by atomic mass is 10.1. The first kappa shape index (κ1) is 23.6. The molecule has 1 saturated heterocycles. The van der Waals surface area contributed by atoms with Gasteiger partial charge in [-0.25, -0.2) is 4.79 Å². The molecule has 0 bridgehead atoms. The van der Waals surface area contributed by atoms with E-state index in [9.17, 15) is 4.79 Å². The van der Waals surface area contributed by atoms with Crippen LogP contribution in [-0.2, 0) is 33.2 Å². The van der Waals surface area contributed by atoms with Crippen LogP contribution in [0.1, 0.15) is 34.1 Å². The second-order valence-corrected chi connectivity index (χ2v) is 6.93. The highest BCUT2D eigenvalue weighted by atomic mass is 16.6. The monoisotopic (exact) mass is 386 g/mol. The van der Waals surface area contributed by atoms with Gasteiger partial charge in [0, 0.05) is 12.5 Å². The van der Waals surface area contributed by atoms with E-state index in [0.29, 0.717) is 39.6 Å². The van der Waals surface area contributed by atoms with E-state index in [1.165, 1.54) is 0 Å². The molecule has 0 aromatic heterocycles. The summed E-state index contributed by atoms with van der Waals surface area (Å²) in [6, 6.07) is 0. The van der Waals surface area contributed by atoms with Crippen LogP contribution in [0.4, 0.5) is 0 Å². The van der Waals surface area contributed by atoms with Crippen LogP contribution in [0.15, 0.2) is 24.5 Å². The first-order chi connectivity index (χ1) is 12.9. The Balaban J connectivity index is 2.33. The van der Waals surface area contributed by atoms with Crippen molar-refractivity contribution in [1.82, 2.24) is 0 Å². The fraction of sp³-hybridized carbons (Fsp3) is 0.750. The topological polar surface area (TPSA) is 72.5 Å². The Hall–Kier alpha value is -1.41. The Labute approximate surface area is 162 Å². The molecule has 1 rings (SSSR count). The van der Waals surface area contributed by atoms with Gasteiger partial charge in [-0.1, -0.05) is 12.7 Å². The molecule has 1 heterocycles. The second-order valence-electron chi connectivity index (χ2n) is 6.93. The van der Waals surface area contributed by atoms with Crippen molar-refractivity contribution in [1.29, 1.82) is 0 Å².